The first-order chi connectivity index (χ1) is 8.54. The van der Waals surface area contributed by atoms with Crippen LogP contribution in [0.25, 0.3) is 0 Å². The SMILES string of the molecule is C[C@H]1CN(C(=O)CCn2cc(Cl)cn2)C[C@H](C)O1. The van der Waals surface area contributed by atoms with Crippen LogP contribution >= 0.6 is 11.6 Å². The Kier molecular flexibility index (Phi) is 4.24. The van der Waals surface area contributed by atoms with E-state index in [1.54, 1.807) is 17.1 Å². The summed E-state index contributed by atoms with van der Waals surface area (Å²) in [6.45, 7) is 5.88. The Morgan fingerprint density at radius 3 is 2.72 bits per heavy atom. The summed E-state index contributed by atoms with van der Waals surface area (Å²) in [5.74, 6) is 0.142. The van der Waals surface area contributed by atoms with Crippen molar-refractivity contribution >= 4 is 17.5 Å². The smallest absolute Gasteiger partial charge is 0.224 e. The first-order valence-electron chi connectivity index (χ1n) is 6.16. The molecule has 0 bridgehead atoms. The Bertz CT molecular complexity index is 411. The van der Waals surface area contributed by atoms with Crippen molar-refractivity contribution in [3.8, 4) is 0 Å². The molecule has 0 saturated carbocycles. The molecule has 0 unspecified atom stereocenters. The summed E-state index contributed by atoms with van der Waals surface area (Å²) in [5, 5.41) is 4.65. The van der Waals surface area contributed by atoms with Gasteiger partial charge >= 0.3 is 0 Å². The zero-order valence-electron chi connectivity index (χ0n) is 10.7. The molecule has 1 aliphatic rings. The minimum Gasteiger partial charge on any atom is -0.372 e. The van der Waals surface area contributed by atoms with Crippen molar-refractivity contribution in [2.75, 3.05) is 13.1 Å². The molecule has 1 aliphatic heterocycles. The van der Waals surface area contributed by atoms with Crippen molar-refractivity contribution in [2.24, 2.45) is 0 Å². The zero-order valence-corrected chi connectivity index (χ0v) is 11.4. The van der Waals surface area contributed by atoms with Gasteiger partial charge in [0, 0.05) is 32.3 Å². The fourth-order valence-electron chi connectivity index (χ4n) is 2.21. The number of carbonyl (C=O) groups is 1. The molecular weight excluding hydrogens is 254 g/mol. The van der Waals surface area contributed by atoms with Gasteiger partial charge in [-0.1, -0.05) is 11.6 Å². The van der Waals surface area contributed by atoms with Crippen LogP contribution in [0, 0.1) is 0 Å². The molecule has 2 atom stereocenters. The highest BCUT2D eigenvalue weighted by Crippen LogP contribution is 2.12. The standard InChI is InChI=1S/C12H18ClN3O2/c1-9-6-15(7-10(2)18-9)12(17)3-4-16-8-11(13)5-14-16/h5,8-10H,3-4,6-7H2,1-2H3/t9-,10-/m0/s1. The summed E-state index contributed by atoms with van der Waals surface area (Å²) in [6.07, 6.45) is 3.95. The number of rotatable bonds is 3. The van der Waals surface area contributed by atoms with Gasteiger partial charge in [0.25, 0.3) is 0 Å². The lowest BCUT2D eigenvalue weighted by Gasteiger charge is -2.35. The summed E-state index contributed by atoms with van der Waals surface area (Å²) in [5.41, 5.74) is 0. The normalized spacial score (nSPS) is 24.3. The van der Waals surface area contributed by atoms with Crippen LogP contribution in [0.1, 0.15) is 20.3 Å². The van der Waals surface area contributed by atoms with Crippen LogP contribution in [0.4, 0.5) is 0 Å². The number of hydrogen-bond donors (Lipinski definition) is 0. The van der Waals surface area contributed by atoms with Gasteiger partial charge < -0.3 is 9.64 Å². The number of ether oxygens (including phenoxy) is 1. The fraction of sp³-hybridized carbons (Fsp3) is 0.667. The molecule has 6 heteroatoms. The summed E-state index contributed by atoms with van der Waals surface area (Å²) >= 11 is 5.77. The van der Waals surface area contributed by atoms with Gasteiger partial charge in [0.15, 0.2) is 0 Å². The molecule has 100 valence electrons. The van der Waals surface area contributed by atoms with Crippen LogP contribution in [0.15, 0.2) is 12.4 Å². The van der Waals surface area contributed by atoms with E-state index in [1.165, 1.54) is 0 Å². The molecule has 2 rings (SSSR count). The van der Waals surface area contributed by atoms with Gasteiger partial charge in [-0.2, -0.15) is 5.10 Å². The van der Waals surface area contributed by atoms with Gasteiger partial charge in [0.1, 0.15) is 0 Å². The number of aromatic nitrogens is 2. The first kappa shape index (κ1) is 13.4. The molecule has 2 heterocycles. The Balaban J connectivity index is 1.84. The highest BCUT2D eigenvalue weighted by atomic mass is 35.5. The molecule has 1 saturated heterocycles. The number of carbonyl (C=O) groups excluding carboxylic acids is 1. The molecule has 1 aromatic heterocycles. The van der Waals surface area contributed by atoms with E-state index in [9.17, 15) is 4.79 Å². The van der Waals surface area contributed by atoms with Gasteiger partial charge in [-0.25, -0.2) is 0 Å². The number of aryl methyl sites for hydroxylation is 1. The third-order valence-corrected chi connectivity index (χ3v) is 3.12. The van der Waals surface area contributed by atoms with Crippen molar-refractivity contribution < 1.29 is 9.53 Å². The average Bonchev–Trinajstić information content (AvgIpc) is 2.70. The molecule has 0 aliphatic carbocycles. The topological polar surface area (TPSA) is 47.4 Å². The highest BCUT2D eigenvalue weighted by molar-refractivity contribution is 6.30. The molecule has 1 aromatic rings. The van der Waals surface area contributed by atoms with Crippen molar-refractivity contribution in [3.63, 3.8) is 0 Å². The van der Waals surface area contributed by atoms with Crippen LogP contribution in [0.5, 0.6) is 0 Å². The van der Waals surface area contributed by atoms with E-state index < -0.39 is 0 Å². The summed E-state index contributed by atoms with van der Waals surface area (Å²) in [7, 11) is 0. The number of morpholine rings is 1. The lowest BCUT2D eigenvalue weighted by Crippen LogP contribution is -2.48. The molecule has 0 spiro atoms. The molecule has 0 N–H and O–H groups in total. The Morgan fingerprint density at radius 2 is 2.17 bits per heavy atom. The van der Waals surface area contributed by atoms with E-state index in [4.69, 9.17) is 16.3 Å². The van der Waals surface area contributed by atoms with Crippen molar-refractivity contribution in [2.45, 2.75) is 39.0 Å². The second-order valence-electron chi connectivity index (χ2n) is 4.73. The molecule has 0 aromatic carbocycles. The first-order valence-corrected chi connectivity index (χ1v) is 6.53. The van der Waals surface area contributed by atoms with Gasteiger partial charge in [0.05, 0.1) is 23.4 Å². The minimum absolute atomic E-state index is 0.108. The van der Waals surface area contributed by atoms with Gasteiger partial charge in [-0.15, -0.1) is 0 Å². The van der Waals surface area contributed by atoms with Crippen LogP contribution in [0.3, 0.4) is 0 Å². The lowest BCUT2D eigenvalue weighted by atomic mass is 10.2. The maximum absolute atomic E-state index is 12.1. The molecule has 18 heavy (non-hydrogen) atoms. The number of halogens is 1. The van der Waals surface area contributed by atoms with E-state index in [-0.39, 0.29) is 18.1 Å². The number of hydrogen-bond acceptors (Lipinski definition) is 3. The van der Waals surface area contributed by atoms with Crippen molar-refractivity contribution in [1.82, 2.24) is 14.7 Å². The zero-order chi connectivity index (χ0) is 13.1. The van der Waals surface area contributed by atoms with Gasteiger partial charge in [0.2, 0.25) is 5.91 Å². The Morgan fingerprint density at radius 1 is 1.50 bits per heavy atom. The largest absolute Gasteiger partial charge is 0.372 e. The van der Waals surface area contributed by atoms with Crippen molar-refractivity contribution in [1.29, 1.82) is 0 Å². The van der Waals surface area contributed by atoms with E-state index in [2.05, 4.69) is 5.10 Å². The summed E-state index contributed by atoms with van der Waals surface area (Å²) < 4.78 is 7.29. The second kappa shape index (κ2) is 5.71. The fourth-order valence-corrected chi connectivity index (χ4v) is 2.37. The monoisotopic (exact) mass is 271 g/mol. The highest BCUT2D eigenvalue weighted by Gasteiger charge is 2.25. The quantitative estimate of drug-likeness (QED) is 0.838. The summed E-state index contributed by atoms with van der Waals surface area (Å²) in [6, 6.07) is 0. The van der Waals surface area contributed by atoms with E-state index in [1.807, 2.05) is 18.7 Å². The second-order valence-corrected chi connectivity index (χ2v) is 5.16. The maximum atomic E-state index is 12.1. The van der Waals surface area contributed by atoms with Crippen LogP contribution in [0.2, 0.25) is 5.02 Å². The van der Waals surface area contributed by atoms with Crippen molar-refractivity contribution in [3.05, 3.63) is 17.4 Å². The Labute approximate surface area is 112 Å². The number of nitrogens with zero attached hydrogens (tertiary/aromatic N) is 3. The molecule has 5 nitrogen and oxygen atoms in total. The number of amides is 1. The third-order valence-electron chi connectivity index (χ3n) is 2.93. The molecular formula is C12H18ClN3O2. The van der Waals surface area contributed by atoms with E-state index in [0.717, 1.165) is 0 Å². The molecule has 1 amide bonds. The predicted molar refractivity (Wildman–Crippen MR) is 68.4 cm³/mol. The minimum atomic E-state index is 0.108. The average molecular weight is 272 g/mol. The lowest BCUT2D eigenvalue weighted by molar-refractivity contribution is -0.143. The van der Waals surface area contributed by atoms with Gasteiger partial charge in [-0.05, 0) is 13.8 Å². The van der Waals surface area contributed by atoms with E-state index >= 15 is 0 Å². The third kappa shape index (κ3) is 3.46. The van der Waals surface area contributed by atoms with Gasteiger partial charge in [-0.3, -0.25) is 9.48 Å². The molecule has 1 fully saturated rings. The summed E-state index contributed by atoms with van der Waals surface area (Å²) in [4.78, 5) is 13.9. The van der Waals surface area contributed by atoms with Crippen LogP contribution < -0.4 is 0 Å². The maximum Gasteiger partial charge on any atom is 0.224 e. The van der Waals surface area contributed by atoms with E-state index in [0.29, 0.717) is 31.1 Å². The predicted octanol–water partition coefficient (Wildman–Crippen LogP) is 1.56. The van der Waals surface area contributed by atoms with Crippen LogP contribution in [-0.2, 0) is 16.1 Å². The molecule has 0 radical (unpaired) electrons. The Hall–Kier alpha value is -1.07. The van der Waals surface area contributed by atoms with Crippen LogP contribution in [-0.4, -0.2) is 45.9 Å².